The van der Waals surface area contributed by atoms with Gasteiger partial charge in [-0.05, 0) is 60.2 Å². The Morgan fingerprint density at radius 3 is 2.32 bits per heavy atom. The van der Waals surface area contributed by atoms with Crippen molar-refractivity contribution in [2.24, 2.45) is 0 Å². The van der Waals surface area contributed by atoms with Gasteiger partial charge in [0.25, 0.3) is 5.91 Å². The van der Waals surface area contributed by atoms with Gasteiger partial charge in [-0.25, -0.2) is 0 Å². The minimum absolute atomic E-state index is 0.101. The van der Waals surface area contributed by atoms with E-state index >= 15 is 0 Å². The molecule has 3 rings (SSSR count). The number of rotatable bonds is 8. The number of ether oxygens (including phenoxy) is 1. The van der Waals surface area contributed by atoms with Gasteiger partial charge in [-0.15, -0.1) is 0 Å². The summed E-state index contributed by atoms with van der Waals surface area (Å²) in [5.41, 5.74) is 0.631. The first-order valence-corrected chi connectivity index (χ1v) is 12.6. The van der Waals surface area contributed by atoms with Crippen molar-refractivity contribution in [1.29, 1.82) is 5.26 Å². The summed E-state index contributed by atoms with van der Waals surface area (Å²) < 4.78 is 36.2. The summed E-state index contributed by atoms with van der Waals surface area (Å²) in [6.45, 7) is 1.33. The van der Waals surface area contributed by atoms with Crippen molar-refractivity contribution in [3.63, 3.8) is 0 Å². The summed E-state index contributed by atoms with van der Waals surface area (Å²) >= 11 is 12.0. The van der Waals surface area contributed by atoms with E-state index in [1.54, 1.807) is 18.2 Å². The monoisotopic (exact) mass is 559 g/mol. The Morgan fingerprint density at radius 1 is 1.00 bits per heavy atom. The maximum absolute atomic E-state index is 12.8. The normalized spacial score (nSPS) is 11.3. The van der Waals surface area contributed by atoms with Gasteiger partial charge in [0.15, 0.2) is 11.5 Å². The van der Waals surface area contributed by atoms with Gasteiger partial charge < -0.3 is 19.6 Å². The molecule has 0 saturated heterocycles. The lowest BCUT2D eigenvalue weighted by atomic mass is 10.1. The SMILES string of the molecule is COc1ccc(/C=C(\C#N)C(=O)Nc2cccc(Cl)c2Cl)cc1OS(=O)(=O)c1ccc(NC(C)=O)cc1. The van der Waals surface area contributed by atoms with Crippen molar-refractivity contribution < 1.29 is 26.9 Å². The van der Waals surface area contributed by atoms with Gasteiger partial charge in [0, 0.05) is 12.6 Å². The fourth-order valence-electron chi connectivity index (χ4n) is 3.03. The Labute approximate surface area is 223 Å². The summed E-state index contributed by atoms with van der Waals surface area (Å²) in [5, 5.41) is 14.9. The Kier molecular flexibility index (Phi) is 8.78. The molecule has 0 aromatic heterocycles. The van der Waals surface area contributed by atoms with Crippen molar-refractivity contribution in [3.05, 3.63) is 81.8 Å². The second kappa shape index (κ2) is 11.8. The highest BCUT2D eigenvalue weighted by molar-refractivity contribution is 7.87. The molecule has 0 heterocycles. The number of hydrogen-bond acceptors (Lipinski definition) is 7. The highest BCUT2D eigenvalue weighted by Gasteiger charge is 2.20. The molecular weight excluding hydrogens is 541 g/mol. The predicted octanol–water partition coefficient (Wildman–Crippen LogP) is 5.27. The summed E-state index contributed by atoms with van der Waals surface area (Å²) in [7, 11) is -2.96. The van der Waals surface area contributed by atoms with Crippen LogP contribution < -0.4 is 19.6 Å². The second-order valence-electron chi connectivity index (χ2n) is 7.38. The molecule has 0 atom stereocenters. The van der Waals surface area contributed by atoms with Crippen LogP contribution in [0.25, 0.3) is 6.08 Å². The third-order valence-corrected chi connectivity index (χ3v) is 6.79. The number of benzene rings is 3. The molecule has 37 heavy (non-hydrogen) atoms. The van der Waals surface area contributed by atoms with Crippen LogP contribution in [0.3, 0.4) is 0 Å². The molecule has 3 aromatic carbocycles. The number of carbonyl (C=O) groups is 2. The fourth-order valence-corrected chi connectivity index (χ4v) is 4.31. The van der Waals surface area contributed by atoms with E-state index in [1.165, 1.54) is 68.6 Å². The zero-order valence-corrected chi connectivity index (χ0v) is 21.7. The van der Waals surface area contributed by atoms with E-state index in [1.807, 2.05) is 0 Å². The number of nitriles is 1. The molecule has 2 N–H and O–H groups in total. The maximum Gasteiger partial charge on any atom is 0.339 e. The lowest BCUT2D eigenvalue weighted by molar-refractivity contribution is -0.114. The van der Waals surface area contributed by atoms with E-state index in [2.05, 4.69) is 10.6 Å². The number of amides is 2. The van der Waals surface area contributed by atoms with Gasteiger partial charge in [0.05, 0.1) is 22.8 Å². The first-order chi connectivity index (χ1) is 17.5. The quantitative estimate of drug-likeness (QED) is 0.218. The Balaban J connectivity index is 1.88. The molecule has 0 bridgehead atoms. The largest absolute Gasteiger partial charge is 0.493 e. The summed E-state index contributed by atoms with van der Waals surface area (Å²) in [4.78, 5) is 23.6. The zero-order valence-electron chi connectivity index (χ0n) is 19.4. The highest BCUT2D eigenvalue weighted by Crippen LogP contribution is 2.33. The Bertz CT molecular complexity index is 1530. The molecule has 2 amide bonds. The first kappa shape index (κ1) is 27.5. The number of nitrogens with zero attached hydrogens (tertiary/aromatic N) is 1. The Morgan fingerprint density at radius 2 is 1.70 bits per heavy atom. The van der Waals surface area contributed by atoms with E-state index in [9.17, 15) is 23.3 Å². The van der Waals surface area contributed by atoms with E-state index in [-0.39, 0.29) is 49.2 Å². The average Bonchev–Trinajstić information content (AvgIpc) is 2.85. The molecule has 12 heteroatoms. The molecule has 3 aromatic rings. The van der Waals surface area contributed by atoms with Crippen LogP contribution in [0.1, 0.15) is 12.5 Å². The van der Waals surface area contributed by atoms with E-state index in [0.29, 0.717) is 5.69 Å². The van der Waals surface area contributed by atoms with Gasteiger partial charge >= 0.3 is 10.1 Å². The number of nitrogens with one attached hydrogen (secondary N) is 2. The lowest BCUT2D eigenvalue weighted by Crippen LogP contribution is -2.14. The third kappa shape index (κ3) is 7.01. The van der Waals surface area contributed by atoms with Crippen molar-refractivity contribution in [2.45, 2.75) is 11.8 Å². The van der Waals surface area contributed by atoms with E-state index in [4.69, 9.17) is 32.1 Å². The van der Waals surface area contributed by atoms with Gasteiger partial charge in [0.2, 0.25) is 5.91 Å². The lowest BCUT2D eigenvalue weighted by Gasteiger charge is -2.12. The van der Waals surface area contributed by atoms with E-state index in [0.717, 1.165) is 0 Å². The number of halogens is 2. The van der Waals surface area contributed by atoms with Crippen LogP contribution >= 0.6 is 23.2 Å². The molecule has 0 aliphatic heterocycles. The van der Waals surface area contributed by atoms with Crippen LogP contribution in [0, 0.1) is 11.3 Å². The van der Waals surface area contributed by atoms with Crippen molar-refractivity contribution in [3.8, 4) is 17.6 Å². The van der Waals surface area contributed by atoms with Gasteiger partial charge in [-0.2, -0.15) is 13.7 Å². The summed E-state index contributed by atoms with van der Waals surface area (Å²) in [6.07, 6.45) is 1.24. The molecular formula is C25H19Cl2N3O6S. The summed E-state index contributed by atoms with van der Waals surface area (Å²) in [6, 6.07) is 16.1. The summed E-state index contributed by atoms with van der Waals surface area (Å²) in [5.74, 6) is -1.12. The van der Waals surface area contributed by atoms with Crippen LogP contribution in [0.2, 0.25) is 10.0 Å². The predicted molar refractivity (Wildman–Crippen MR) is 140 cm³/mol. The molecule has 0 fully saturated rings. The Hall–Kier alpha value is -4.04. The minimum atomic E-state index is -4.29. The minimum Gasteiger partial charge on any atom is -0.493 e. The number of hydrogen-bond donors (Lipinski definition) is 2. The average molecular weight is 560 g/mol. The molecule has 0 radical (unpaired) electrons. The molecule has 0 aliphatic carbocycles. The van der Waals surface area contributed by atoms with Crippen LogP contribution in [0.4, 0.5) is 11.4 Å². The van der Waals surface area contributed by atoms with Gasteiger partial charge in [-0.3, -0.25) is 9.59 Å². The molecule has 9 nitrogen and oxygen atoms in total. The second-order valence-corrected chi connectivity index (χ2v) is 9.71. The molecule has 190 valence electrons. The fraction of sp³-hybridized carbons (Fsp3) is 0.0800. The zero-order chi connectivity index (χ0) is 27.2. The van der Waals surface area contributed by atoms with Crippen LogP contribution in [0.15, 0.2) is 71.1 Å². The number of anilines is 2. The highest BCUT2D eigenvalue weighted by atomic mass is 35.5. The smallest absolute Gasteiger partial charge is 0.339 e. The molecule has 0 spiro atoms. The van der Waals surface area contributed by atoms with Crippen LogP contribution in [-0.4, -0.2) is 27.3 Å². The molecule has 0 saturated carbocycles. The molecule has 0 aliphatic rings. The topological polar surface area (TPSA) is 135 Å². The van der Waals surface area contributed by atoms with Crippen molar-refractivity contribution in [2.75, 3.05) is 17.7 Å². The van der Waals surface area contributed by atoms with Crippen LogP contribution in [0.5, 0.6) is 11.5 Å². The number of carbonyl (C=O) groups excluding carboxylic acids is 2. The van der Waals surface area contributed by atoms with Crippen molar-refractivity contribution in [1.82, 2.24) is 0 Å². The van der Waals surface area contributed by atoms with Crippen LogP contribution in [-0.2, 0) is 19.7 Å². The first-order valence-electron chi connectivity index (χ1n) is 10.4. The van der Waals surface area contributed by atoms with E-state index < -0.39 is 16.0 Å². The molecule has 0 unspecified atom stereocenters. The maximum atomic E-state index is 12.8. The van der Waals surface area contributed by atoms with Crippen molar-refractivity contribution >= 4 is 62.6 Å². The third-order valence-electron chi connectivity index (χ3n) is 4.73. The number of methoxy groups -OCH3 is 1. The van der Waals surface area contributed by atoms with Gasteiger partial charge in [-0.1, -0.05) is 35.3 Å². The van der Waals surface area contributed by atoms with Gasteiger partial charge in [0.1, 0.15) is 16.5 Å². The standard InChI is InChI=1S/C25H19Cl2N3O6S/c1-15(31)29-18-7-9-19(10-8-18)37(33,34)36-23-13-16(6-11-22(23)35-2)12-17(14-28)25(32)30-21-5-3-4-20(26)24(21)27/h3-13H,1-2H3,(H,29,31)(H,30,32)/b17-12+.